The van der Waals surface area contributed by atoms with Crippen LogP contribution in [0.15, 0.2) is 28.7 Å². The van der Waals surface area contributed by atoms with E-state index in [0.29, 0.717) is 5.78 Å². The predicted molar refractivity (Wildman–Crippen MR) is 69.4 cm³/mol. The zero-order valence-electron chi connectivity index (χ0n) is 9.63. The molecule has 0 spiro atoms. The lowest BCUT2D eigenvalue weighted by Gasteiger charge is -2.32. The SMILES string of the molecule is C[C@]1(Cc2ccccc2Br)CCCCC1=O. The summed E-state index contributed by atoms with van der Waals surface area (Å²) >= 11 is 3.56. The second-order valence-corrected chi connectivity index (χ2v) is 5.81. The maximum absolute atomic E-state index is 12.0. The highest BCUT2D eigenvalue weighted by atomic mass is 79.9. The first-order valence-corrected chi connectivity index (χ1v) is 6.68. The first-order chi connectivity index (χ1) is 7.62. The van der Waals surface area contributed by atoms with E-state index in [4.69, 9.17) is 0 Å². The summed E-state index contributed by atoms with van der Waals surface area (Å²) in [5, 5.41) is 0. The average molecular weight is 281 g/mol. The second-order valence-electron chi connectivity index (χ2n) is 4.96. The van der Waals surface area contributed by atoms with Crippen molar-refractivity contribution in [1.82, 2.24) is 0 Å². The zero-order valence-corrected chi connectivity index (χ0v) is 11.2. The topological polar surface area (TPSA) is 17.1 Å². The molecular formula is C14H17BrO. The van der Waals surface area contributed by atoms with E-state index in [2.05, 4.69) is 28.9 Å². The third-order valence-corrected chi connectivity index (χ3v) is 4.37. The third-order valence-electron chi connectivity index (χ3n) is 3.59. The Labute approximate surface area is 105 Å². The van der Waals surface area contributed by atoms with Gasteiger partial charge in [0.1, 0.15) is 5.78 Å². The molecule has 0 unspecified atom stereocenters. The van der Waals surface area contributed by atoms with Crippen LogP contribution in [0, 0.1) is 5.41 Å². The molecule has 16 heavy (non-hydrogen) atoms. The van der Waals surface area contributed by atoms with Gasteiger partial charge in [-0.25, -0.2) is 0 Å². The molecule has 1 atom stereocenters. The summed E-state index contributed by atoms with van der Waals surface area (Å²) in [5.74, 6) is 0.439. The van der Waals surface area contributed by atoms with Crippen LogP contribution in [-0.4, -0.2) is 5.78 Å². The van der Waals surface area contributed by atoms with Gasteiger partial charge in [-0.05, 0) is 30.9 Å². The van der Waals surface area contributed by atoms with Crippen LogP contribution in [0.2, 0.25) is 0 Å². The van der Waals surface area contributed by atoms with Gasteiger partial charge < -0.3 is 0 Å². The molecule has 1 fully saturated rings. The van der Waals surface area contributed by atoms with Crippen molar-refractivity contribution in [3.8, 4) is 0 Å². The molecule has 1 aromatic carbocycles. The minimum Gasteiger partial charge on any atom is -0.299 e. The molecule has 2 rings (SSSR count). The van der Waals surface area contributed by atoms with Gasteiger partial charge in [0.25, 0.3) is 0 Å². The lowest BCUT2D eigenvalue weighted by Crippen LogP contribution is -2.33. The molecule has 2 heteroatoms. The van der Waals surface area contributed by atoms with Crippen LogP contribution in [0.4, 0.5) is 0 Å². The molecule has 0 bridgehead atoms. The lowest BCUT2D eigenvalue weighted by atomic mass is 9.71. The minimum absolute atomic E-state index is 0.137. The maximum Gasteiger partial charge on any atom is 0.139 e. The van der Waals surface area contributed by atoms with Gasteiger partial charge in [-0.2, -0.15) is 0 Å². The number of benzene rings is 1. The largest absolute Gasteiger partial charge is 0.299 e. The summed E-state index contributed by atoms with van der Waals surface area (Å²) in [6.07, 6.45) is 4.93. The molecule has 1 saturated carbocycles. The fourth-order valence-corrected chi connectivity index (χ4v) is 2.92. The van der Waals surface area contributed by atoms with Crippen LogP contribution >= 0.6 is 15.9 Å². The number of carbonyl (C=O) groups excluding carboxylic acids is 1. The van der Waals surface area contributed by atoms with Crippen molar-refractivity contribution in [2.75, 3.05) is 0 Å². The van der Waals surface area contributed by atoms with Crippen LogP contribution < -0.4 is 0 Å². The molecule has 86 valence electrons. The third kappa shape index (κ3) is 2.37. The molecule has 0 heterocycles. The second kappa shape index (κ2) is 4.70. The monoisotopic (exact) mass is 280 g/mol. The van der Waals surface area contributed by atoms with Crippen LogP contribution in [0.25, 0.3) is 0 Å². The number of hydrogen-bond acceptors (Lipinski definition) is 1. The van der Waals surface area contributed by atoms with E-state index >= 15 is 0 Å². The zero-order chi connectivity index (χ0) is 11.6. The summed E-state index contributed by atoms with van der Waals surface area (Å²) in [6.45, 7) is 2.12. The van der Waals surface area contributed by atoms with Crippen LogP contribution in [0.1, 0.15) is 38.2 Å². The Bertz CT molecular complexity index is 399. The Morgan fingerprint density at radius 3 is 2.75 bits per heavy atom. The normalized spacial score (nSPS) is 25.8. The molecular weight excluding hydrogens is 264 g/mol. The minimum atomic E-state index is -0.137. The first kappa shape index (κ1) is 11.8. The highest BCUT2D eigenvalue weighted by Gasteiger charge is 2.35. The number of halogens is 1. The average Bonchev–Trinajstić information content (AvgIpc) is 2.26. The highest BCUT2D eigenvalue weighted by molar-refractivity contribution is 9.10. The highest BCUT2D eigenvalue weighted by Crippen LogP contribution is 2.37. The molecule has 0 aromatic heterocycles. The number of hydrogen-bond donors (Lipinski definition) is 0. The van der Waals surface area contributed by atoms with Crippen molar-refractivity contribution in [2.24, 2.45) is 5.41 Å². The smallest absolute Gasteiger partial charge is 0.139 e. The molecule has 1 aliphatic carbocycles. The van der Waals surface area contributed by atoms with Gasteiger partial charge in [0.15, 0.2) is 0 Å². The van der Waals surface area contributed by atoms with Gasteiger partial charge in [-0.1, -0.05) is 47.5 Å². The molecule has 1 aliphatic rings. The van der Waals surface area contributed by atoms with Gasteiger partial charge in [-0.3, -0.25) is 4.79 Å². The Morgan fingerprint density at radius 2 is 2.06 bits per heavy atom. The predicted octanol–water partition coefficient (Wildman–Crippen LogP) is 4.14. The van der Waals surface area contributed by atoms with Gasteiger partial charge in [0.05, 0.1) is 0 Å². The number of rotatable bonds is 2. The Balaban J connectivity index is 2.20. The van der Waals surface area contributed by atoms with Crippen molar-refractivity contribution in [1.29, 1.82) is 0 Å². The van der Waals surface area contributed by atoms with Gasteiger partial charge in [0.2, 0.25) is 0 Å². The van der Waals surface area contributed by atoms with E-state index in [1.165, 1.54) is 12.0 Å². The van der Waals surface area contributed by atoms with Crippen molar-refractivity contribution in [3.63, 3.8) is 0 Å². The van der Waals surface area contributed by atoms with Crippen molar-refractivity contribution in [2.45, 2.75) is 39.0 Å². The number of carbonyl (C=O) groups is 1. The summed E-state index contributed by atoms with van der Waals surface area (Å²) in [7, 11) is 0. The first-order valence-electron chi connectivity index (χ1n) is 5.88. The van der Waals surface area contributed by atoms with Crippen LogP contribution in [-0.2, 0) is 11.2 Å². The fourth-order valence-electron chi connectivity index (χ4n) is 2.49. The van der Waals surface area contributed by atoms with E-state index in [1.807, 2.05) is 18.2 Å². The molecule has 0 radical (unpaired) electrons. The van der Waals surface area contributed by atoms with Crippen molar-refractivity contribution in [3.05, 3.63) is 34.3 Å². The van der Waals surface area contributed by atoms with Crippen molar-refractivity contribution >= 4 is 21.7 Å². The molecule has 0 amide bonds. The lowest BCUT2D eigenvalue weighted by molar-refractivity contribution is -0.130. The molecule has 1 nitrogen and oxygen atoms in total. The standard InChI is InChI=1S/C14H17BrO/c1-14(9-5-4-8-13(14)16)10-11-6-2-3-7-12(11)15/h2-3,6-7H,4-5,8-10H2,1H3/t14-/m1/s1. The molecule has 0 saturated heterocycles. The number of ketones is 1. The quantitative estimate of drug-likeness (QED) is 0.796. The fraction of sp³-hybridized carbons (Fsp3) is 0.500. The van der Waals surface area contributed by atoms with Crippen LogP contribution in [0.5, 0.6) is 0 Å². The van der Waals surface area contributed by atoms with Crippen molar-refractivity contribution < 1.29 is 4.79 Å². The van der Waals surface area contributed by atoms with Gasteiger partial charge in [0, 0.05) is 16.3 Å². The Morgan fingerprint density at radius 1 is 1.31 bits per heavy atom. The van der Waals surface area contributed by atoms with E-state index < -0.39 is 0 Å². The summed E-state index contributed by atoms with van der Waals surface area (Å²) in [5.41, 5.74) is 1.11. The molecule has 0 aliphatic heterocycles. The Hall–Kier alpha value is -0.630. The van der Waals surface area contributed by atoms with Crippen LogP contribution in [0.3, 0.4) is 0 Å². The van der Waals surface area contributed by atoms with Gasteiger partial charge in [-0.15, -0.1) is 0 Å². The summed E-state index contributed by atoms with van der Waals surface area (Å²) in [6, 6.07) is 8.21. The summed E-state index contributed by atoms with van der Waals surface area (Å²) in [4.78, 5) is 12.0. The maximum atomic E-state index is 12.0. The Kier molecular flexibility index (Phi) is 3.48. The van der Waals surface area contributed by atoms with E-state index in [-0.39, 0.29) is 5.41 Å². The molecule has 1 aromatic rings. The van der Waals surface area contributed by atoms with Gasteiger partial charge >= 0.3 is 0 Å². The number of Topliss-reactive ketones (excluding diaryl/α,β-unsaturated/α-hetero) is 1. The van der Waals surface area contributed by atoms with E-state index in [1.54, 1.807) is 0 Å². The van der Waals surface area contributed by atoms with E-state index in [9.17, 15) is 4.79 Å². The van der Waals surface area contributed by atoms with E-state index in [0.717, 1.165) is 30.2 Å². The molecule has 0 N–H and O–H groups in total. The summed E-state index contributed by atoms with van der Waals surface area (Å²) < 4.78 is 1.12.